The maximum atomic E-state index is 13.8. The summed E-state index contributed by atoms with van der Waals surface area (Å²) in [4.78, 5) is 2.11. The van der Waals surface area contributed by atoms with Crippen LogP contribution in [0.4, 0.5) is 4.39 Å². The van der Waals surface area contributed by atoms with E-state index in [1.54, 1.807) is 12.3 Å². The molecule has 0 aliphatic rings. The first kappa shape index (κ1) is 18.1. The first-order valence-corrected chi connectivity index (χ1v) is 9.08. The van der Waals surface area contributed by atoms with E-state index in [4.69, 9.17) is 9.62 Å². The van der Waals surface area contributed by atoms with Gasteiger partial charge in [0.15, 0.2) is 5.76 Å². The van der Waals surface area contributed by atoms with Crippen LogP contribution in [-0.2, 0) is 13.1 Å². The average molecular weight is 376 g/mol. The van der Waals surface area contributed by atoms with Gasteiger partial charge in [0.2, 0.25) is 0 Å². The van der Waals surface area contributed by atoms with E-state index in [2.05, 4.69) is 16.1 Å². The molecule has 2 aromatic carbocycles. The fourth-order valence-corrected chi connectivity index (χ4v) is 3.24. The number of aryl methyl sites for hydroxylation is 1. The number of aromatic nitrogens is 3. The van der Waals surface area contributed by atoms with E-state index < -0.39 is 0 Å². The van der Waals surface area contributed by atoms with Crippen molar-refractivity contribution in [2.45, 2.75) is 20.0 Å². The Morgan fingerprint density at radius 3 is 2.68 bits per heavy atom. The number of hydrogen-bond donors (Lipinski definition) is 0. The number of benzene rings is 2. The van der Waals surface area contributed by atoms with Gasteiger partial charge >= 0.3 is 0 Å². The standard InChI is InChI=1S/C22H21FN4O/c1-16-5-3-8-20(11-16)27-14-18(13-26(2)15-21-9-10-24-28-21)22(25-27)17-6-4-7-19(23)12-17/h3-12,14H,13,15H2,1-2H3. The molecule has 0 N–H and O–H groups in total. The summed E-state index contributed by atoms with van der Waals surface area (Å²) < 4.78 is 20.9. The maximum Gasteiger partial charge on any atom is 0.150 e. The van der Waals surface area contributed by atoms with Crippen LogP contribution in [0, 0.1) is 12.7 Å². The van der Waals surface area contributed by atoms with Gasteiger partial charge in [-0.05, 0) is 43.8 Å². The fraction of sp³-hybridized carbons (Fsp3) is 0.182. The first-order chi connectivity index (χ1) is 13.6. The minimum Gasteiger partial charge on any atom is -0.360 e. The molecule has 6 heteroatoms. The van der Waals surface area contributed by atoms with Gasteiger partial charge < -0.3 is 4.52 Å². The second kappa shape index (κ2) is 7.78. The molecule has 2 heterocycles. The molecule has 0 aliphatic carbocycles. The molecule has 0 atom stereocenters. The van der Waals surface area contributed by atoms with Gasteiger partial charge in [0.25, 0.3) is 0 Å². The van der Waals surface area contributed by atoms with Crippen molar-refractivity contribution >= 4 is 0 Å². The van der Waals surface area contributed by atoms with Crippen molar-refractivity contribution in [2.24, 2.45) is 0 Å². The lowest BCUT2D eigenvalue weighted by Crippen LogP contribution is -2.17. The molecule has 2 aromatic heterocycles. The molecule has 0 spiro atoms. The molecule has 0 fully saturated rings. The van der Waals surface area contributed by atoms with Crippen LogP contribution in [0.2, 0.25) is 0 Å². The Morgan fingerprint density at radius 2 is 1.93 bits per heavy atom. The largest absolute Gasteiger partial charge is 0.360 e. The quantitative estimate of drug-likeness (QED) is 0.493. The number of hydrogen-bond acceptors (Lipinski definition) is 4. The molecular formula is C22H21FN4O. The Bertz CT molecular complexity index is 1070. The van der Waals surface area contributed by atoms with Crippen molar-refractivity contribution in [3.63, 3.8) is 0 Å². The van der Waals surface area contributed by atoms with E-state index in [0.717, 1.165) is 33.8 Å². The lowest BCUT2D eigenvalue weighted by molar-refractivity contribution is 0.267. The van der Waals surface area contributed by atoms with Gasteiger partial charge in [-0.15, -0.1) is 0 Å². The van der Waals surface area contributed by atoms with Crippen LogP contribution in [0.3, 0.4) is 0 Å². The molecule has 4 aromatic rings. The van der Waals surface area contributed by atoms with Gasteiger partial charge in [-0.3, -0.25) is 4.90 Å². The summed E-state index contributed by atoms with van der Waals surface area (Å²) in [6, 6.07) is 16.5. The minimum atomic E-state index is -0.274. The molecule has 28 heavy (non-hydrogen) atoms. The van der Waals surface area contributed by atoms with Crippen LogP contribution >= 0.6 is 0 Å². The zero-order valence-electron chi connectivity index (χ0n) is 15.8. The van der Waals surface area contributed by atoms with Gasteiger partial charge in [-0.25, -0.2) is 9.07 Å². The highest BCUT2D eigenvalue weighted by molar-refractivity contribution is 5.63. The summed E-state index contributed by atoms with van der Waals surface area (Å²) in [5.41, 5.74) is 4.67. The van der Waals surface area contributed by atoms with E-state index in [0.29, 0.717) is 13.1 Å². The Balaban J connectivity index is 1.70. The van der Waals surface area contributed by atoms with E-state index in [1.165, 1.54) is 12.1 Å². The minimum absolute atomic E-state index is 0.274. The maximum absolute atomic E-state index is 13.8. The molecular weight excluding hydrogens is 355 g/mol. The van der Waals surface area contributed by atoms with Crippen LogP contribution in [0.15, 0.2) is 71.5 Å². The average Bonchev–Trinajstić information content (AvgIpc) is 3.32. The highest BCUT2D eigenvalue weighted by Gasteiger charge is 2.15. The summed E-state index contributed by atoms with van der Waals surface area (Å²) in [5.74, 6) is 0.518. The predicted octanol–water partition coefficient (Wildman–Crippen LogP) is 4.61. The molecule has 0 radical (unpaired) electrons. The lowest BCUT2D eigenvalue weighted by Gasteiger charge is -2.14. The summed E-state index contributed by atoms with van der Waals surface area (Å²) in [7, 11) is 2.00. The Hall–Kier alpha value is -3.25. The van der Waals surface area contributed by atoms with Crippen molar-refractivity contribution in [1.29, 1.82) is 0 Å². The molecule has 0 saturated carbocycles. The molecule has 0 saturated heterocycles. The molecule has 5 nitrogen and oxygen atoms in total. The summed E-state index contributed by atoms with van der Waals surface area (Å²) in [5, 5.41) is 8.52. The first-order valence-electron chi connectivity index (χ1n) is 9.08. The van der Waals surface area contributed by atoms with Gasteiger partial charge in [0.1, 0.15) is 5.82 Å². The Morgan fingerprint density at radius 1 is 1.07 bits per heavy atom. The third-order valence-electron chi connectivity index (χ3n) is 4.51. The van der Waals surface area contributed by atoms with Crippen LogP contribution < -0.4 is 0 Å². The predicted molar refractivity (Wildman–Crippen MR) is 105 cm³/mol. The van der Waals surface area contributed by atoms with Crippen molar-refractivity contribution < 1.29 is 8.91 Å². The van der Waals surface area contributed by atoms with E-state index in [9.17, 15) is 4.39 Å². The molecule has 0 bridgehead atoms. The Labute approximate surface area is 163 Å². The monoisotopic (exact) mass is 376 g/mol. The number of nitrogens with zero attached hydrogens (tertiary/aromatic N) is 4. The van der Waals surface area contributed by atoms with E-state index in [1.807, 2.05) is 55.2 Å². The molecule has 4 rings (SSSR count). The smallest absolute Gasteiger partial charge is 0.150 e. The molecule has 0 amide bonds. The zero-order chi connectivity index (χ0) is 19.5. The fourth-order valence-electron chi connectivity index (χ4n) is 3.24. The molecule has 0 aliphatic heterocycles. The van der Waals surface area contributed by atoms with E-state index >= 15 is 0 Å². The van der Waals surface area contributed by atoms with Crippen molar-refractivity contribution in [2.75, 3.05) is 7.05 Å². The summed E-state index contributed by atoms with van der Waals surface area (Å²) in [6.07, 6.45) is 3.64. The third kappa shape index (κ3) is 4.02. The molecule has 0 unspecified atom stereocenters. The van der Waals surface area contributed by atoms with E-state index in [-0.39, 0.29) is 5.82 Å². The number of rotatable bonds is 6. The van der Waals surface area contributed by atoms with Crippen LogP contribution in [0.5, 0.6) is 0 Å². The lowest BCUT2D eigenvalue weighted by atomic mass is 10.1. The van der Waals surface area contributed by atoms with Crippen LogP contribution in [-0.4, -0.2) is 26.9 Å². The SMILES string of the molecule is Cc1cccc(-n2cc(CN(C)Cc3ccno3)c(-c3cccc(F)c3)n2)c1. The Kier molecular flexibility index (Phi) is 5.04. The van der Waals surface area contributed by atoms with Crippen LogP contribution in [0.25, 0.3) is 16.9 Å². The molecule has 142 valence electrons. The summed E-state index contributed by atoms with van der Waals surface area (Å²) >= 11 is 0. The zero-order valence-corrected chi connectivity index (χ0v) is 15.8. The highest BCUT2D eigenvalue weighted by Crippen LogP contribution is 2.26. The topological polar surface area (TPSA) is 47.1 Å². The van der Waals surface area contributed by atoms with Crippen LogP contribution in [0.1, 0.15) is 16.9 Å². The second-order valence-corrected chi connectivity index (χ2v) is 6.95. The van der Waals surface area contributed by atoms with Crippen molar-refractivity contribution in [3.8, 4) is 16.9 Å². The highest BCUT2D eigenvalue weighted by atomic mass is 19.1. The van der Waals surface area contributed by atoms with Crippen molar-refractivity contribution in [3.05, 3.63) is 89.7 Å². The van der Waals surface area contributed by atoms with Gasteiger partial charge in [-0.1, -0.05) is 29.4 Å². The van der Waals surface area contributed by atoms with Crippen molar-refractivity contribution in [1.82, 2.24) is 19.8 Å². The second-order valence-electron chi connectivity index (χ2n) is 6.95. The summed E-state index contributed by atoms with van der Waals surface area (Å²) in [6.45, 7) is 3.31. The van der Waals surface area contributed by atoms with Gasteiger partial charge in [-0.2, -0.15) is 5.10 Å². The third-order valence-corrected chi connectivity index (χ3v) is 4.51. The number of halogens is 1. The van der Waals surface area contributed by atoms with Gasteiger partial charge in [0, 0.05) is 29.9 Å². The van der Waals surface area contributed by atoms with Gasteiger partial charge in [0.05, 0.1) is 24.1 Å². The normalized spacial score (nSPS) is 11.3.